The molecule has 1 atom stereocenters. The normalized spacial score (nSPS) is 20.9. The molecule has 2 aromatic heterocycles. The Kier molecular flexibility index (Phi) is 4.81. The minimum atomic E-state index is -0.589. The van der Waals surface area contributed by atoms with Gasteiger partial charge in [0.1, 0.15) is 35.2 Å². The number of likely N-dealkylation sites (N-methyl/N-ethyl adjacent to an activating group) is 1. The molecule has 0 saturated carbocycles. The van der Waals surface area contributed by atoms with Crippen LogP contribution in [-0.2, 0) is 6.42 Å². The molecule has 8 nitrogen and oxygen atoms in total. The van der Waals surface area contributed by atoms with Crippen LogP contribution in [0.1, 0.15) is 19.4 Å². The van der Waals surface area contributed by atoms with Gasteiger partial charge < -0.3 is 23.7 Å². The van der Waals surface area contributed by atoms with E-state index in [1.54, 1.807) is 18.5 Å². The van der Waals surface area contributed by atoms with Crippen molar-refractivity contribution >= 4 is 16.8 Å². The summed E-state index contributed by atoms with van der Waals surface area (Å²) in [6.07, 6.45) is 1.98. The van der Waals surface area contributed by atoms with Crippen molar-refractivity contribution in [3.63, 3.8) is 0 Å². The van der Waals surface area contributed by atoms with Crippen LogP contribution in [0, 0.1) is 0 Å². The molecule has 0 unspecified atom stereocenters. The zero-order chi connectivity index (χ0) is 21.6. The Hall–Kier alpha value is -3.13. The molecule has 0 spiro atoms. The Morgan fingerprint density at radius 3 is 2.71 bits per heavy atom. The number of ether oxygens (including phenoxy) is 2. The number of benzene rings is 1. The zero-order valence-corrected chi connectivity index (χ0v) is 18.0. The van der Waals surface area contributed by atoms with E-state index >= 15 is 0 Å². The standard InChI is InChI=1S/C23H26N4O4/c1-23(2)19(11-16-10-15-4-5-22(28)29-17(15)12-18(16)31-23)30-21-13-20(24-14-25-21)27-8-6-26(3)7-9-27/h4-5,10,12-14,19H,6-9,11H2,1-3H3/t19-/m0/s1. The molecule has 0 N–H and O–H groups in total. The molecular formula is C23H26N4O4. The van der Waals surface area contributed by atoms with Crippen LogP contribution < -0.4 is 20.0 Å². The van der Waals surface area contributed by atoms with Gasteiger partial charge in [-0.2, -0.15) is 0 Å². The van der Waals surface area contributed by atoms with E-state index in [-0.39, 0.29) is 11.7 Å². The summed E-state index contributed by atoms with van der Waals surface area (Å²) in [6.45, 7) is 7.87. The van der Waals surface area contributed by atoms with E-state index in [4.69, 9.17) is 13.9 Å². The van der Waals surface area contributed by atoms with Gasteiger partial charge in [-0.3, -0.25) is 0 Å². The molecule has 8 heteroatoms. The average Bonchev–Trinajstić information content (AvgIpc) is 2.73. The Bertz CT molecular complexity index is 1170. The fourth-order valence-corrected chi connectivity index (χ4v) is 4.13. The van der Waals surface area contributed by atoms with Gasteiger partial charge >= 0.3 is 5.63 Å². The molecule has 5 rings (SSSR count). The first-order valence-electron chi connectivity index (χ1n) is 10.6. The van der Waals surface area contributed by atoms with Crippen LogP contribution in [0.5, 0.6) is 11.6 Å². The quantitative estimate of drug-likeness (QED) is 0.596. The summed E-state index contributed by atoms with van der Waals surface area (Å²) in [7, 11) is 2.13. The van der Waals surface area contributed by atoms with E-state index in [2.05, 4.69) is 26.8 Å². The maximum atomic E-state index is 11.5. The molecule has 1 aromatic carbocycles. The summed E-state index contributed by atoms with van der Waals surface area (Å²) in [5.41, 5.74) is 0.575. The monoisotopic (exact) mass is 422 g/mol. The molecule has 0 amide bonds. The van der Waals surface area contributed by atoms with E-state index in [1.165, 1.54) is 6.07 Å². The largest absolute Gasteiger partial charge is 0.484 e. The Labute approximate surface area is 180 Å². The predicted molar refractivity (Wildman–Crippen MR) is 117 cm³/mol. The van der Waals surface area contributed by atoms with Crippen LogP contribution in [0.15, 0.2) is 45.9 Å². The maximum Gasteiger partial charge on any atom is 0.336 e. The minimum Gasteiger partial charge on any atom is -0.484 e. The van der Waals surface area contributed by atoms with Crippen LogP contribution in [-0.4, -0.2) is 59.8 Å². The fourth-order valence-electron chi connectivity index (χ4n) is 4.13. The van der Waals surface area contributed by atoms with Gasteiger partial charge in [-0.1, -0.05) is 0 Å². The van der Waals surface area contributed by atoms with Crippen molar-refractivity contribution in [3.05, 3.63) is 52.6 Å². The zero-order valence-electron chi connectivity index (χ0n) is 18.0. The van der Waals surface area contributed by atoms with Crippen LogP contribution in [0.4, 0.5) is 5.82 Å². The molecule has 3 aromatic rings. The lowest BCUT2D eigenvalue weighted by Crippen LogP contribution is -2.49. The van der Waals surface area contributed by atoms with Gasteiger partial charge in [0, 0.05) is 56.2 Å². The lowest BCUT2D eigenvalue weighted by molar-refractivity contribution is -0.0287. The first-order valence-corrected chi connectivity index (χ1v) is 10.6. The first-order chi connectivity index (χ1) is 14.9. The van der Waals surface area contributed by atoms with Crippen molar-refractivity contribution in [1.82, 2.24) is 14.9 Å². The summed E-state index contributed by atoms with van der Waals surface area (Å²) in [4.78, 5) is 24.9. The first kappa shape index (κ1) is 19.8. The third-order valence-corrected chi connectivity index (χ3v) is 6.07. The number of hydrogen-bond acceptors (Lipinski definition) is 8. The molecule has 0 radical (unpaired) electrons. The predicted octanol–water partition coefficient (Wildman–Crippen LogP) is 2.50. The van der Waals surface area contributed by atoms with Gasteiger partial charge in [0.2, 0.25) is 5.88 Å². The molecule has 0 aliphatic carbocycles. The lowest BCUT2D eigenvalue weighted by Gasteiger charge is -2.39. The molecule has 4 heterocycles. The summed E-state index contributed by atoms with van der Waals surface area (Å²) >= 11 is 0. The number of piperazine rings is 1. The van der Waals surface area contributed by atoms with E-state index in [9.17, 15) is 4.79 Å². The third kappa shape index (κ3) is 3.95. The van der Waals surface area contributed by atoms with Gasteiger partial charge in [-0.25, -0.2) is 14.8 Å². The van der Waals surface area contributed by atoms with E-state index in [0.717, 1.165) is 42.9 Å². The molecule has 0 bridgehead atoms. The highest BCUT2D eigenvalue weighted by Gasteiger charge is 2.39. The number of rotatable bonds is 3. The molecule has 1 saturated heterocycles. The van der Waals surface area contributed by atoms with Crippen molar-refractivity contribution in [1.29, 1.82) is 0 Å². The van der Waals surface area contributed by atoms with Crippen LogP contribution in [0.25, 0.3) is 11.0 Å². The second-order valence-electron chi connectivity index (χ2n) is 8.77. The van der Waals surface area contributed by atoms with Crippen molar-refractivity contribution in [2.75, 3.05) is 38.1 Å². The van der Waals surface area contributed by atoms with Crippen molar-refractivity contribution < 1.29 is 13.9 Å². The lowest BCUT2D eigenvalue weighted by atomic mass is 9.90. The maximum absolute atomic E-state index is 11.5. The van der Waals surface area contributed by atoms with Gasteiger partial charge in [0.05, 0.1) is 0 Å². The number of nitrogens with zero attached hydrogens (tertiary/aromatic N) is 4. The second-order valence-corrected chi connectivity index (χ2v) is 8.77. The van der Waals surface area contributed by atoms with Crippen molar-refractivity contribution in [2.24, 2.45) is 0 Å². The van der Waals surface area contributed by atoms with Gasteiger partial charge in [-0.05, 0) is 38.6 Å². The van der Waals surface area contributed by atoms with Crippen molar-refractivity contribution in [3.8, 4) is 11.6 Å². The number of anilines is 1. The van der Waals surface area contributed by atoms with E-state index in [0.29, 0.717) is 23.6 Å². The molecule has 162 valence electrons. The summed E-state index contributed by atoms with van der Waals surface area (Å²) in [5, 5.41) is 0.861. The average molecular weight is 422 g/mol. The van der Waals surface area contributed by atoms with Gasteiger partial charge in [0.25, 0.3) is 0 Å². The Morgan fingerprint density at radius 2 is 1.90 bits per heavy atom. The highest BCUT2D eigenvalue weighted by atomic mass is 16.6. The van der Waals surface area contributed by atoms with Crippen LogP contribution in [0.3, 0.4) is 0 Å². The third-order valence-electron chi connectivity index (χ3n) is 6.07. The highest BCUT2D eigenvalue weighted by molar-refractivity contribution is 5.79. The van der Waals surface area contributed by atoms with Gasteiger partial charge in [0.15, 0.2) is 0 Å². The number of hydrogen-bond donors (Lipinski definition) is 0. The Balaban J connectivity index is 1.39. The summed E-state index contributed by atoms with van der Waals surface area (Å²) in [5.74, 6) is 2.14. The van der Waals surface area contributed by atoms with Crippen molar-refractivity contribution in [2.45, 2.75) is 32.0 Å². The summed E-state index contributed by atoms with van der Waals surface area (Å²) < 4.78 is 17.9. The number of aromatic nitrogens is 2. The minimum absolute atomic E-state index is 0.233. The smallest absolute Gasteiger partial charge is 0.336 e. The molecular weight excluding hydrogens is 396 g/mol. The highest BCUT2D eigenvalue weighted by Crippen LogP contribution is 2.37. The van der Waals surface area contributed by atoms with Crippen LogP contribution in [0.2, 0.25) is 0 Å². The SMILES string of the molecule is CN1CCN(c2cc(O[C@H]3Cc4cc5ccc(=O)oc5cc4OC3(C)C)ncn2)CC1. The second kappa shape index (κ2) is 7.53. The molecule has 2 aliphatic rings. The topological polar surface area (TPSA) is 80.9 Å². The van der Waals surface area contributed by atoms with E-state index in [1.807, 2.05) is 26.0 Å². The van der Waals surface area contributed by atoms with E-state index < -0.39 is 5.60 Å². The Morgan fingerprint density at radius 1 is 1.10 bits per heavy atom. The summed E-state index contributed by atoms with van der Waals surface area (Å²) in [6, 6.07) is 8.89. The van der Waals surface area contributed by atoms with Crippen LogP contribution >= 0.6 is 0 Å². The number of fused-ring (bicyclic) bond motifs is 2. The molecule has 2 aliphatic heterocycles. The molecule has 31 heavy (non-hydrogen) atoms. The van der Waals surface area contributed by atoms with Gasteiger partial charge in [-0.15, -0.1) is 0 Å². The molecule has 1 fully saturated rings. The fraction of sp³-hybridized carbons (Fsp3) is 0.435.